The van der Waals surface area contributed by atoms with Crippen molar-refractivity contribution in [1.29, 1.82) is 0 Å². The van der Waals surface area contributed by atoms with Gasteiger partial charge in [0, 0.05) is 38.0 Å². The molecule has 5 nitrogen and oxygen atoms in total. The Kier molecular flexibility index (Phi) is 12.7. The van der Waals surface area contributed by atoms with E-state index in [-0.39, 0.29) is 5.75 Å². The van der Waals surface area contributed by atoms with Crippen LogP contribution in [0.15, 0.2) is 126 Å². The van der Waals surface area contributed by atoms with Crippen molar-refractivity contribution in [2.45, 2.75) is 6.36 Å². The molecule has 13 heteroatoms. The van der Waals surface area contributed by atoms with Crippen LogP contribution in [0.3, 0.4) is 0 Å². The van der Waals surface area contributed by atoms with Crippen molar-refractivity contribution >= 4 is 86.6 Å². The Morgan fingerprint density at radius 3 is 1.56 bits per heavy atom. The lowest BCUT2D eigenvalue weighted by Gasteiger charge is -2.10. The fraction of sp³-hybridized carbons (Fsp3) is 0.0244. The highest BCUT2D eigenvalue weighted by Gasteiger charge is 2.31. The highest BCUT2D eigenvalue weighted by molar-refractivity contribution is 9.10. The summed E-state index contributed by atoms with van der Waals surface area (Å²) in [5, 5.41) is 2.26. The van der Waals surface area contributed by atoms with Crippen LogP contribution in [0.2, 0.25) is 20.1 Å². The first kappa shape index (κ1) is 38.9. The third kappa shape index (κ3) is 10.9. The van der Waals surface area contributed by atoms with Crippen molar-refractivity contribution < 1.29 is 17.9 Å². The first-order valence-corrected chi connectivity index (χ1v) is 18.3. The molecule has 5 aromatic carbocycles. The molecule has 0 unspecified atom stereocenters. The van der Waals surface area contributed by atoms with Crippen molar-refractivity contribution in [2.24, 2.45) is 0 Å². The van der Waals surface area contributed by atoms with Gasteiger partial charge in [-0.3, -0.25) is 0 Å². The minimum atomic E-state index is -4.72. The average molecular weight is 869 g/mol. The summed E-state index contributed by atoms with van der Waals surface area (Å²) in [5.74, 6) is 1.16. The summed E-state index contributed by atoms with van der Waals surface area (Å²) in [7, 11) is 0. The maximum absolute atomic E-state index is 12.4. The van der Waals surface area contributed by atoms with Crippen LogP contribution >= 0.6 is 62.3 Å². The van der Waals surface area contributed by atoms with Crippen molar-refractivity contribution in [3.8, 4) is 39.4 Å². The summed E-state index contributed by atoms with van der Waals surface area (Å²) in [6.45, 7) is 0. The van der Waals surface area contributed by atoms with Crippen LogP contribution in [-0.2, 0) is 0 Å². The van der Waals surface area contributed by atoms with Gasteiger partial charge in [-0.1, -0.05) is 123 Å². The second kappa shape index (κ2) is 17.6. The third-order valence-corrected chi connectivity index (χ3v) is 9.28. The zero-order valence-corrected chi connectivity index (χ0v) is 32.3. The van der Waals surface area contributed by atoms with Gasteiger partial charge in [-0.25, -0.2) is 9.97 Å². The summed E-state index contributed by atoms with van der Waals surface area (Å²) < 4.78 is 42.4. The number of ether oxygens (including phenoxy) is 1. The molecule has 7 aromatic rings. The Morgan fingerprint density at radius 1 is 0.574 bits per heavy atom. The molecule has 0 radical (unpaired) electrons. The highest BCUT2D eigenvalue weighted by Crippen LogP contribution is 2.31. The van der Waals surface area contributed by atoms with E-state index in [0.29, 0.717) is 37.2 Å². The first-order valence-electron chi connectivity index (χ1n) is 16.0. The van der Waals surface area contributed by atoms with E-state index in [1.807, 2.05) is 91.2 Å². The molecule has 2 N–H and O–H groups in total. The maximum atomic E-state index is 12.4. The average Bonchev–Trinajstić information content (AvgIpc) is 3.81. The van der Waals surface area contributed by atoms with Crippen LogP contribution in [0, 0.1) is 0 Å². The number of benzene rings is 5. The maximum Gasteiger partial charge on any atom is 0.573 e. The smallest absolute Gasteiger partial charge is 0.406 e. The van der Waals surface area contributed by atoms with E-state index in [0.717, 1.165) is 43.8 Å². The molecular weight excluding hydrogens is 843 g/mol. The van der Waals surface area contributed by atoms with E-state index < -0.39 is 6.36 Å². The monoisotopic (exact) mass is 866 g/mol. The molecule has 0 aliphatic heterocycles. The van der Waals surface area contributed by atoms with Gasteiger partial charge in [-0.2, -0.15) is 0 Å². The lowest BCUT2D eigenvalue weighted by molar-refractivity contribution is -0.274. The topological polar surface area (TPSA) is 66.6 Å². The normalized spacial score (nSPS) is 11.6. The van der Waals surface area contributed by atoms with E-state index >= 15 is 0 Å². The van der Waals surface area contributed by atoms with Gasteiger partial charge < -0.3 is 14.7 Å². The molecule has 0 spiro atoms. The summed E-state index contributed by atoms with van der Waals surface area (Å²) >= 11 is 27.7. The predicted octanol–water partition coefficient (Wildman–Crippen LogP) is 14.4. The number of nitrogens with one attached hydrogen (secondary N) is 2. The zero-order valence-electron chi connectivity index (χ0n) is 27.7. The van der Waals surface area contributed by atoms with Crippen LogP contribution in [-0.4, -0.2) is 26.3 Å². The number of aromatic nitrogens is 4. The third-order valence-electron chi connectivity index (χ3n) is 7.66. The second-order valence-electron chi connectivity index (χ2n) is 11.5. The molecular formula is C41H26BrCl4F3N4O. The van der Waals surface area contributed by atoms with Crippen molar-refractivity contribution in [3.63, 3.8) is 0 Å². The van der Waals surface area contributed by atoms with E-state index in [9.17, 15) is 13.2 Å². The summed E-state index contributed by atoms with van der Waals surface area (Å²) in [6.07, 6.45) is 6.48. The molecule has 0 aliphatic rings. The highest BCUT2D eigenvalue weighted by atomic mass is 79.9. The van der Waals surface area contributed by atoms with Gasteiger partial charge in [0.15, 0.2) is 0 Å². The van der Waals surface area contributed by atoms with Gasteiger partial charge >= 0.3 is 6.36 Å². The molecule has 0 aliphatic carbocycles. The number of halogens is 8. The number of hydrogen-bond donors (Lipinski definition) is 2. The van der Waals surface area contributed by atoms with E-state index in [4.69, 9.17) is 46.4 Å². The fourth-order valence-electron chi connectivity index (χ4n) is 5.10. The predicted molar refractivity (Wildman–Crippen MR) is 219 cm³/mol. The molecule has 0 saturated heterocycles. The van der Waals surface area contributed by atoms with Crippen LogP contribution in [0.4, 0.5) is 13.2 Å². The molecule has 2 aromatic heterocycles. The molecule has 54 heavy (non-hydrogen) atoms. The SMILES string of the molecule is Clc1ccc(-c2c[nH]c(/C=C/c3ccc(Br)cc3)n2)c(Cl)c1.FC(F)(F)Oc1cccc(-c2ccc(/C=C/c3nc(-c4ccc(Cl)cc4Cl)c[nH]3)cc2)c1. The molecule has 0 fully saturated rings. The van der Waals surface area contributed by atoms with Crippen LogP contribution in [0.5, 0.6) is 5.75 Å². The van der Waals surface area contributed by atoms with Gasteiger partial charge in [0.1, 0.15) is 17.4 Å². The van der Waals surface area contributed by atoms with E-state index in [1.165, 1.54) is 18.2 Å². The minimum absolute atomic E-state index is 0.256. The minimum Gasteiger partial charge on any atom is -0.406 e. The molecule has 0 saturated carbocycles. The largest absolute Gasteiger partial charge is 0.573 e. The molecule has 0 bridgehead atoms. The summed E-state index contributed by atoms with van der Waals surface area (Å²) in [4.78, 5) is 15.3. The van der Waals surface area contributed by atoms with Gasteiger partial charge in [-0.15, -0.1) is 13.2 Å². The Labute approximate surface area is 337 Å². The molecule has 7 rings (SSSR count). The zero-order chi connectivity index (χ0) is 38.2. The Hall–Kier alpha value is -4.77. The first-order chi connectivity index (χ1) is 25.9. The number of hydrogen-bond acceptors (Lipinski definition) is 3. The van der Waals surface area contributed by atoms with Gasteiger partial charge in [-0.05, 0) is 95.1 Å². The Morgan fingerprint density at radius 2 is 1.07 bits per heavy atom. The fourth-order valence-corrected chi connectivity index (χ4v) is 6.37. The van der Waals surface area contributed by atoms with Gasteiger partial charge in [0.25, 0.3) is 0 Å². The Balaban J connectivity index is 0.000000197. The molecule has 2 heterocycles. The Bertz CT molecular complexity index is 2430. The van der Waals surface area contributed by atoms with Gasteiger partial charge in [0.05, 0.1) is 21.4 Å². The standard InChI is InChI=1S/C24H15Cl2F3N2O.C17H11BrCl2N2/c25-18-9-10-20(21(26)13-18)22-14-30-23(31-22)11-6-15-4-7-16(8-5-15)17-2-1-3-19(12-17)32-24(27,28)29;18-12-4-1-11(2-5-12)3-8-17-21-10-16(22-17)14-7-6-13(19)9-15(14)20/h1-14H,(H,30,31);1-10H,(H,21,22)/b11-6+;8-3+. The van der Waals surface area contributed by atoms with Crippen LogP contribution in [0.1, 0.15) is 22.8 Å². The van der Waals surface area contributed by atoms with Crippen molar-refractivity contribution in [2.75, 3.05) is 0 Å². The van der Waals surface area contributed by atoms with E-state index in [2.05, 4.69) is 40.6 Å². The van der Waals surface area contributed by atoms with Crippen molar-refractivity contribution in [3.05, 3.63) is 169 Å². The lowest BCUT2D eigenvalue weighted by Crippen LogP contribution is -2.17. The summed E-state index contributed by atoms with van der Waals surface area (Å²) in [5.41, 5.74) is 6.51. The van der Waals surface area contributed by atoms with Crippen LogP contribution in [0.25, 0.3) is 57.9 Å². The summed E-state index contributed by atoms with van der Waals surface area (Å²) in [6, 6.07) is 31.9. The van der Waals surface area contributed by atoms with Crippen LogP contribution < -0.4 is 4.74 Å². The quantitative estimate of drug-likeness (QED) is 0.160. The lowest BCUT2D eigenvalue weighted by atomic mass is 10.0. The number of H-pyrrole nitrogens is 2. The molecule has 272 valence electrons. The number of rotatable bonds is 8. The van der Waals surface area contributed by atoms with E-state index in [1.54, 1.807) is 36.5 Å². The number of imidazole rings is 2. The number of alkyl halides is 3. The number of aromatic amines is 2. The number of nitrogens with zero attached hydrogens (tertiary/aromatic N) is 2. The molecule has 0 atom stereocenters. The van der Waals surface area contributed by atoms with Crippen molar-refractivity contribution in [1.82, 2.24) is 19.9 Å². The van der Waals surface area contributed by atoms with Gasteiger partial charge in [0.2, 0.25) is 0 Å². The molecule has 0 amide bonds. The second-order valence-corrected chi connectivity index (χ2v) is 14.1.